The Labute approximate surface area is 151 Å². The van der Waals surface area contributed by atoms with Gasteiger partial charge in [0, 0.05) is 17.8 Å². The number of hydrogen-bond donors (Lipinski definition) is 1. The smallest absolute Gasteiger partial charge is 0.240 e. The Morgan fingerprint density at radius 3 is 2.52 bits per heavy atom. The van der Waals surface area contributed by atoms with Crippen LogP contribution < -0.4 is 5.32 Å². The molecular weight excluding hydrogens is 356 g/mol. The molecule has 0 aliphatic heterocycles. The second kappa shape index (κ2) is 6.57. The maximum Gasteiger partial charge on any atom is 0.240 e. The van der Waals surface area contributed by atoms with Gasteiger partial charge in [0.25, 0.3) is 0 Å². The van der Waals surface area contributed by atoms with Gasteiger partial charge in [-0.1, -0.05) is 30.4 Å². The number of nitrogens with zero attached hydrogens (tertiary/aromatic N) is 1. The van der Waals surface area contributed by atoms with E-state index in [1.807, 2.05) is 25.2 Å². The van der Waals surface area contributed by atoms with Crippen LogP contribution in [0.25, 0.3) is 0 Å². The van der Waals surface area contributed by atoms with E-state index in [4.69, 9.17) is 0 Å². The summed E-state index contributed by atoms with van der Waals surface area (Å²) in [7, 11) is -3.28. The zero-order valence-electron chi connectivity index (χ0n) is 13.9. The summed E-state index contributed by atoms with van der Waals surface area (Å²) in [4.78, 5) is 17.4. The van der Waals surface area contributed by atoms with Crippen molar-refractivity contribution in [3.8, 4) is 0 Å². The van der Waals surface area contributed by atoms with Crippen LogP contribution in [-0.2, 0) is 20.0 Å². The van der Waals surface area contributed by atoms with E-state index in [2.05, 4.69) is 10.3 Å². The molecule has 1 atom stereocenters. The number of amides is 1. The molecule has 0 bridgehead atoms. The zero-order chi connectivity index (χ0) is 18.1. The number of nitrogens with one attached hydrogen (secondary N) is 1. The van der Waals surface area contributed by atoms with Gasteiger partial charge in [-0.25, -0.2) is 13.4 Å². The number of aromatic nitrogens is 1. The summed E-state index contributed by atoms with van der Waals surface area (Å²) in [5.41, 5.74) is 0.781. The number of carbonyl (C=O) groups excluding carboxylic acids is 1. The molecule has 0 spiro atoms. The number of benzene rings is 1. The SMILES string of the molecule is CC(C(=O)Nc1nccs1)(C1=CC=CC1)c1ccc(S(C)(=O)=O)cc1. The molecule has 0 saturated heterocycles. The normalized spacial score (nSPS) is 16.3. The summed E-state index contributed by atoms with van der Waals surface area (Å²) in [6.07, 6.45) is 9.33. The van der Waals surface area contributed by atoms with Crippen molar-refractivity contribution in [1.29, 1.82) is 0 Å². The highest BCUT2D eigenvalue weighted by Crippen LogP contribution is 2.38. The number of hydrogen-bond acceptors (Lipinski definition) is 5. The Hall–Kier alpha value is -2.25. The van der Waals surface area contributed by atoms with Crippen molar-refractivity contribution in [2.24, 2.45) is 0 Å². The van der Waals surface area contributed by atoms with Crippen molar-refractivity contribution in [3.05, 3.63) is 65.2 Å². The molecule has 1 unspecified atom stereocenters. The van der Waals surface area contributed by atoms with Gasteiger partial charge in [-0.2, -0.15) is 0 Å². The molecule has 5 nitrogen and oxygen atoms in total. The van der Waals surface area contributed by atoms with Gasteiger partial charge in [-0.05, 0) is 36.6 Å². The Morgan fingerprint density at radius 1 is 1.28 bits per heavy atom. The van der Waals surface area contributed by atoms with E-state index in [1.165, 1.54) is 17.6 Å². The molecule has 1 N–H and O–H groups in total. The molecule has 25 heavy (non-hydrogen) atoms. The molecule has 0 fully saturated rings. The van der Waals surface area contributed by atoms with Crippen LogP contribution in [0.5, 0.6) is 0 Å². The van der Waals surface area contributed by atoms with E-state index < -0.39 is 15.3 Å². The van der Waals surface area contributed by atoms with Crippen LogP contribution >= 0.6 is 11.3 Å². The topological polar surface area (TPSA) is 76.1 Å². The van der Waals surface area contributed by atoms with E-state index in [-0.39, 0.29) is 10.8 Å². The molecular formula is C18H18N2O3S2. The average molecular weight is 374 g/mol. The maximum atomic E-state index is 13.1. The third-order valence-corrected chi connectivity index (χ3v) is 6.20. The lowest BCUT2D eigenvalue weighted by Gasteiger charge is -2.30. The molecule has 2 aromatic rings. The molecule has 1 amide bonds. The van der Waals surface area contributed by atoms with Crippen molar-refractivity contribution >= 4 is 32.2 Å². The van der Waals surface area contributed by atoms with Gasteiger partial charge >= 0.3 is 0 Å². The highest BCUT2D eigenvalue weighted by Gasteiger charge is 2.39. The quantitative estimate of drug-likeness (QED) is 0.871. The van der Waals surface area contributed by atoms with Gasteiger partial charge in [0.2, 0.25) is 5.91 Å². The van der Waals surface area contributed by atoms with Crippen LogP contribution in [0.2, 0.25) is 0 Å². The van der Waals surface area contributed by atoms with Crippen LogP contribution in [0.4, 0.5) is 5.13 Å². The molecule has 1 aromatic carbocycles. The molecule has 1 aliphatic rings. The van der Waals surface area contributed by atoms with Gasteiger partial charge in [0.05, 0.1) is 10.3 Å². The molecule has 1 heterocycles. The third-order valence-electron chi connectivity index (χ3n) is 4.38. The van der Waals surface area contributed by atoms with Crippen LogP contribution in [0.1, 0.15) is 18.9 Å². The Bertz CT molecular complexity index is 943. The van der Waals surface area contributed by atoms with Gasteiger partial charge in [-0.3, -0.25) is 4.79 Å². The summed E-state index contributed by atoms with van der Waals surface area (Å²) in [6, 6.07) is 6.50. The predicted molar refractivity (Wildman–Crippen MR) is 99.5 cm³/mol. The van der Waals surface area contributed by atoms with Crippen LogP contribution in [-0.4, -0.2) is 25.6 Å². The van der Waals surface area contributed by atoms with E-state index in [0.29, 0.717) is 11.6 Å². The fourth-order valence-electron chi connectivity index (χ4n) is 2.82. The molecule has 130 valence electrons. The molecule has 0 radical (unpaired) electrons. The molecule has 3 rings (SSSR count). The lowest BCUT2D eigenvalue weighted by Crippen LogP contribution is -2.39. The lowest BCUT2D eigenvalue weighted by atomic mass is 9.74. The predicted octanol–water partition coefficient (Wildman–Crippen LogP) is 3.33. The van der Waals surface area contributed by atoms with Crippen molar-refractivity contribution in [2.75, 3.05) is 11.6 Å². The largest absolute Gasteiger partial charge is 0.301 e. The van der Waals surface area contributed by atoms with E-state index >= 15 is 0 Å². The monoisotopic (exact) mass is 374 g/mol. The van der Waals surface area contributed by atoms with Gasteiger partial charge < -0.3 is 5.32 Å². The first-order valence-corrected chi connectivity index (χ1v) is 10.5. The minimum atomic E-state index is -3.28. The van der Waals surface area contributed by atoms with Crippen molar-refractivity contribution < 1.29 is 13.2 Å². The summed E-state index contributed by atoms with van der Waals surface area (Å²) in [5, 5.41) is 5.20. The Morgan fingerprint density at radius 2 is 2.00 bits per heavy atom. The van der Waals surface area contributed by atoms with E-state index in [9.17, 15) is 13.2 Å². The van der Waals surface area contributed by atoms with Crippen LogP contribution in [0.15, 0.2) is 64.5 Å². The molecule has 1 aromatic heterocycles. The number of thiazole rings is 1. The Balaban J connectivity index is 2.01. The van der Waals surface area contributed by atoms with Gasteiger partial charge in [0.15, 0.2) is 15.0 Å². The molecule has 0 saturated carbocycles. The lowest BCUT2D eigenvalue weighted by molar-refractivity contribution is -0.119. The van der Waals surface area contributed by atoms with Crippen LogP contribution in [0, 0.1) is 0 Å². The minimum Gasteiger partial charge on any atom is -0.301 e. The average Bonchev–Trinajstić information content (AvgIpc) is 3.27. The maximum absolute atomic E-state index is 13.1. The zero-order valence-corrected chi connectivity index (χ0v) is 15.5. The number of allylic oxidation sites excluding steroid dienone is 3. The number of carbonyl (C=O) groups is 1. The minimum absolute atomic E-state index is 0.190. The second-order valence-corrected chi connectivity index (χ2v) is 8.95. The summed E-state index contributed by atoms with van der Waals surface area (Å²) < 4.78 is 23.4. The second-order valence-electron chi connectivity index (χ2n) is 6.04. The number of rotatable bonds is 5. The molecule has 7 heteroatoms. The van der Waals surface area contributed by atoms with Crippen LogP contribution in [0.3, 0.4) is 0 Å². The van der Waals surface area contributed by atoms with E-state index in [0.717, 1.165) is 11.1 Å². The van der Waals surface area contributed by atoms with E-state index in [1.54, 1.807) is 35.8 Å². The third kappa shape index (κ3) is 3.43. The fourth-order valence-corrected chi connectivity index (χ4v) is 3.98. The summed E-state index contributed by atoms with van der Waals surface area (Å²) in [5.74, 6) is -0.190. The highest BCUT2D eigenvalue weighted by molar-refractivity contribution is 7.90. The Kier molecular flexibility index (Phi) is 4.62. The van der Waals surface area contributed by atoms with Gasteiger partial charge in [0.1, 0.15) is 0 Å². The molecule has 1 aliphatic carbocycles. The number of sulfone groups is 1. The van der Waals surface area contributed by atoms with Gasteiger partial charge in [-0.15, -0.1) is 11.3 Å². The first-order valence-electron chi connectivity index (χ1n) is 7.69. The number of anilines is 1. The first kappa shape index (κ1) is 17.6. The standard InChI is InChI=1S/C18H18N2O3S2/c1-18(13-5-3-4-6-13,16(21)20-17-19-11-12-24-17)14-7-9-15(10-8-14)25(2,22)23/h3-5,7-12H,6H2,1-2H3,(H,19,20,21). The summed E-state index contributed by atoms with van der Waals surface area (Å²) in [6.45, 7) is 1.85. The van der Waals surface area contributed by atoms with Crippen molar-refractivity contribution in [1.82, 2.24) is 4.98 Å². The fraction of sp³-hybridized carbons (Fsp3) is 0.222. The van der Waals surface area contributed by atoms with Crippen molar-refractivity contribution in [2.45, 2.75) is 23.7 Å². The van der Waals surface area contributed by atoms with Crippen molar-refractivity contribution in [3.63, 3.8) is 0 Å². The summed E-state index contributed by atoms with van der Waals surface area (Å²) >= 11 is 1.35. The first-order chi connectivity index (χ1) is 11.8. The highest BCUT2D eigenvalue weighted by atomic mass is 32.2.